The first-order valence-corrected chi connectivity index (χ1v) is 5.22. The van der Waals surface area contributed by atoms with E-state index in [-0.39, 0.29) is 0 Å². The average Bonchev–Trinajstić information content (AvgIpc) is 2.64. The van der Waals surface area contributed by atoms with Crippen molar-refractivity contribution in [1.29, 1.82) is 0 Å². The normalized spacial score (nSPS) is 12.6. The molecule has 3 nitrogen and oxygen atoms in total. The predicted molar refractivity (Wildman–Crippen MR) is 66.0 cm³/mol. The van der Waals surface area contributed by atoms with Crippen LogP contribution in [0.1, 0.15) is 19.4 Å². The summed E-state index contributed by atoms with van der Waals surface area (Å²) >= 11 is 0. The van der Waals surface area contributed by atoms with Gasteiger partial charge < -0.3 is 4.74 Å². The maximum atomic E-state index is 9.92. The SMILES string of the molecule is CC(C)=Cc1ccccc1.O=C1C=CC(=O)O1. The van der Waals surface area contributed by atoms with Crippen LogP contribution in [0.2, 0.25) is 0 Å². The van der Waals surface area contributed by atoms with E-state index >= 15 is 0 Å². The van der Waals surface area contributed by atoms with Crippen LogP contribution in [0.4, 0.5) is 0 Å². The molecule has 1 aliphatic rings. The number of benzene rings is 1. The van der Waals surface area contributed by atoms with Gasteiger partial charge in [0, 0.05) is 12.2 Å². The first-order valence-electron chi connectivity index (χ1n) is 5.22. The lowest BCUT2D eigenvalue weighted by atomic mass is 10.2. The predicted octanol–water partition coefficient (Wildman–Crippen LogP) is 2.74. The zero-order chi connectivity index (χ0) is 12.7. The molecule has 0 spiro atoms. The zero-order valence-corrected chi connectivity index (χ0v) is 9.84. The number of ether oxygens (including phenoxy) is 1. The second-order valence-corrected chi connectivity index (χ2v) is 3.71. The Bertz CT molecular complexity index is 436. The second kappa shape index (κ2) is 6.43. The van der Waals surface area contributed by atoms with Crippen LogP contribution < -0.4 is 0 Å². The van der Waals surface area contributed by atoms with E-state index in [4.69, 9.17) is 0 Å². The Kier molecular flexibility index (Phi) is 4.88. The topological polar surface area (TPSA) is 43.4 Å². The van der Waals surface area contributed by atoms with Crippen molar-refractivity contribution in [3.05, 3.63) is 53.6 Å². The molecule has 17 heavy (non-hydrogen) atoms. The van der Waals surface area contributed by atoms with Crippen LogP contribution in [-0.4, -0.2) is 11.9 Å². The lowest BCUT2D eigenvalue weighted by Gasteiger charge is -1.91. The van der Waals surface area contributed by atoms with Crippen molar-refractivity contribution in [2.75, 3.05) is 0 Å². The van der Waals surface area contributed by atoms with Gasteiger partial charge in [-0.1, -0.05) is 42.0 Å². The maximum Gasteiger partial charge on any atom is 0.338 e. The Labute approximate surface area is 100 Å². The third-order valence-electron chi connectivity index (χ3n) is 1.81. The Hall–Kier alpha value is -2.16. The van der Waals surface area contributed by atoms with Gasteiger partial charge in [-0.15, -0.1) is 0 Å². The minimum absolute atomic E-state index is 0.579. The van der Waals surface area contributed by atoms with Gasteiger partial charge >= 0.3 is 11.9 Å². The highest BCUT2D eigenvalue weighted by molar-refractivity contribution is 6.04. The van der Waals surface area contributed by atoms with Gasteiger partial charge in [-0.2, -0.15) is 0 Å². The Morgan fingerprint density at radius 2 is 1.53 bits per heavy atom. The summed E-state index contributed by atoms with van der Waals surface area (Å²) in [7, 11) is 0. The number of carbonyl (C=O) groups is 2. The quantitative estimate of drug-likeness (QED) is 0.550. The molecule has 88 valence electrons. The van der Waals surface area contributed by atoms with E-state index in [9.17, 15) is 9.59 Å². The molecule has 1 aliphatic heterocycles. The smallest absolute Gasteiger partial charge is 0.338 e. The number of cyclic esters (lactones) is 2. The second-order valence-electron chi connectivity index (χ2n) is 3.71. The first-order chi connectivity index (χ1) is 8.08. The van der Waals surface area contributed by atoms with Crippen LogP contribution in [0.3, 0.4) is 0 Å². The van der Waals surface area contributed by atoms with Crippen molar-refractivity contribution in [3.63, 3.8) is 0 Å². The van der Waals surface area contributed by atoms with Gasteiger partial charge in [0.25, 0.3) is 0 Å². The van der Waals surface area contributed by atoms with Gasteiger partial charge in [-0.3, -0.25) is 0 Å². The van der Waals surface area contributed by atoms with Crippen molar-refractivity contribution in [1.82, 2.24) is 0 Å². The van der Waals surface area contributed by atoms with E-state index in [1.165, 1.54) is 11.1 Å². The number of allylic oxidation sites excluding steroid dienone is 1. The molecule has 0 fully saturated rings. The molecule has 0 bridgehead atoms. The minimum atomic E-state index is -0.579. The molecule has 0 aliphatic carbocycles. The van der Waals surface area contributed by atoms with E-state index in [2.05, 4.69) is 48.9 Å². The highest BCUT2D eigenvalue weighted by Gasteiger charge is 2.10. The number of hydrogen-bond acceptors (Lipinski definition) is 3. The maximum absolute atomic E-state index is 9.92. The standard InChI is InChI=1S/C10H12.C4H2O3/c1-9(2)8-10-6-4-3-5-7-10;5-3-1-2-4(6)7-3/h3-8H,1-2H3;1-2H. The molecule has 0 aromatic heterocycles. The fraction of sp³-hybridized carbons (Fsp3) is 0.143. The third-order valence-corrected chi connectivity index (χ3v) is 1.81. The van der Waals surface area contributed by atoms with Gasteiger partial charge in [0.2, 0.25) is 0 Å². The van der Waals surface area contributed by atoms with Gasteiger partial charge in [0.05, 0.1) is 0 Å². The summed E-state index contributed by atoms with van der Waals surface area (Å²) in [5.41, 5.74) is 2.62. The van der Waals surface area contributed by atoms with Crippen LogP contribution in [0.15, 0.2) is 48.1 Å². The molecule has 1 heterocycles. The van der Waals surface area contributed by atoms with Gasteiger partial charge in [0.15, 0.2) is 0 Å². The molecule has 2 rings (SSSR count). The Balaban J connectivity index is 0.000000181. The number of rotatable bonds is 1. The fourth-order valence-corrected chi connectivity index (χ4v) is 1.19. The molecule has 1 aromatic carbocycles. The Morgan fingerprint density at radius 1 is 1.00 bits per heavy atom. The van der Waals surface area contributed by atoms with Crippen molar-refractivity contribution < 1.29 is 14.3 Å². The van der Waals surface area contributed by atoms with Crippen LogP contribution in [-0.2, 0) is 14.3 Å². The molecule has 0 radical (unpaired) electrons. The summed E-state index contributed by atoms with van der Waals surface area (Å²) in [5.74, 6) is -1.16. The van der Waals surface area contributed by atoms with Gasteiger partial charge in [-0.05, 0) is 19.4 Å². The molecule has 0 saturated heterocycles. The minimum Gasteiger partial charge on any atom is -0.387 e. The largest absolute Gasteiger partial charge is 0.387 e. The summed E-state index contributed by atoms with van der Waals surface area (Å²) in [6.07, 6.45) is 4.34. The Morgan fingerprint density at radius 3 is 1.88 bits per heavy atom. The summed E-state index contributed by atoms with van der Waals surface area (Å²) in [6.45, 7) is 4.21. The van der Waals surface area contributed by atoms with E-state index in [0.717, 1.165) is 12.2 Å². The third kappa shape index (κ3) is 5.47. The number of esters is 2. The number of hydrogen-bond donors (Lipinski definition) is 0. The molecular weight excluding hydrogens is 216 g/mol. The summed E-state index contributed by atoms with van der Waals surface area (Å²) in [6, 6.07) is 10.3. The molecule has 3 heteroatoms. The van der Waals surface area contributed by atoms with E-state index in [1.807, 2.05) is 6.07 Å². The summed E-state index contributed by atoms with van der Waals surface area (Å²) in [4.78, 5) is 19.8. The molecule has 1 aromatic rings. The van der Waals surface area contributed by atoms with Crippen LogP contribution in [0.25, 0.3) is 6.08 Å². The lowest BCUT2D eigenvalue weighted by Crippen LogP contribution is -1.96. The zero-order valence-electron chi connectivity index (χ0n) is 9.84. The summed E-state index contributed by atoms with van der Waals surface area (Å²) < 4.78 is 3.97. The molecule has 0 unspecified atom stereocenters. The molecule has 0 atom stereocenters. The van der Waals surface area contributed by atoms with Crippen LogP contribution in [0.5, 0.6) is 0 Å². The summed E-state index contributed by atoms with van der Waals surface area (Å²) in [5, 5.41) is 0. The molecule has 0 saturated carbocycles. The lowest BCUT2D eigenvalue weighted by molar-refractivity contribution is -0.150. The van der Waals surface area contributed by atoms with E-state index in [1.54, 1.807) is 0 Å². The highest BCUT2D eigenvalue weighted by atomic mass is 16.6. The van der Waals surface area contributed by atoms with Crippen molar-refractivity contribution >= 4 is 18.0 Å². The van der Waals surface area contributed by atoms with Gasteiger partial charge in [0.1, 0.15) is 0 Å². The molecule has 0 N–H and O–H groups in total. The van der Waals surface area contributed by atoms with E-state index < -0.39 is 11.9 Å². The first kappa shape index (κ1) is 12.9. The van der Waals surface area contributed by atoms with Crippen LogP contribution in [0, 0.1) is 0 Å². The monoisotopic (exact) mass is 230 g/mol. The van der Waals surface area contributed by atoms with Gasteiger partial charge in [-0.25, -0.2) is 9.59 Å². The van der Waals surface area contributed by atoms with Crippen molar-refractivity contribution in [2.24, 2.45) is 0 Å². The van der Waals surface area contributed by atoms with Crippen molar-refractivity contribution in [3.8, 4) is 0 Å². The highest BCUT2D eigenvalue weighted by Crippen LogP contribution is 2.04. The molecule has 0 amide bonds. The number of carbonyl (C=O) groups excluding carboxylic acids is 2. The fourth-order valence-electron chi connectivity index (χ4n) is 1.19. The van der Waals surface area contributed by atoms with Crippen molar-refractivity contribution in [2.45, 2.75) is 13.8 Å². The molecular formula is C14H14O3. The van der Waals surface area contributed by atoms with Crippen LogP contribution >= 0.6 is 0 Å². The average molecular weight is 230 g/mol. The van der Waals surface area contributed by atoms with E-state index in [0.29, 0.717) is 0 Å².